The lowest BCUT2D eigenvalue weighted by molar-refractivity contribution is -0.146. The lowest BCUT2D eigenvalue weighted by atomic mass is 9.72. The fraction of sp³-hybridized carbons (Fsp3) is 1.00. The molecule has 0 amide bonds. The van der Waals surface area contributed by atoms with Gasteiger partial charge in [0.15, 0.2) is 0 Å². The number of likely N-dealkylation sites (tertiary alicyclic amines) is 1. The zero-order chi connectivity index (χ0) is 10.3. The van der Waals surface area contributed by atoms with Gasteiger partial charge in [-0.3, -0.25) is 4.90 Å². The first-order valence-electron chi connectivity index (χ1n) is 5.04. The highest BCUT2D eigenvalue weighted by atomic mass is 16.5. The van der Waals surface area contributed by atoms with Crippen molar-refractivity contribution in [1.82, 2.24) is 4.90 Å². The Morgan fingerprint density at radius 1 is 1.46 bits per heavy atom. The van der Waals surface area contributed by atoms with Crippen molar-refractivity contribution < 1.29 is 4.74 Å². The summed E-state index contributed by atoms with van der Waals surface area (Å²) in [5.74, 6) is 0. The highest BCUT2D eigenvalue weighted by Crippen LogP contribution is 2.40. The molecular weight excluding hydrogens is 162 g/mol. The summed E-state index contributed by atoms with van der Waals surface area (Å²) in [6.45, 7) is 10.2. The van der Waals surface area contributed by atoms with Crippen molar-refractivity contribution in [1.29, 1.82) is 0 Å². The second-order valence-corrected chi connectivity index (χ2v) is 5.70. The van der Waals surface area contributed by atoms with Crippen molar-refractivity contribution in [2.45, 2.75) is 45.8 Å². The summed E-state index contributed by atoms with van der Waals surface area (Å²) in [5.41, 5.74) is 0.618. The fourth-order valence-corrected chi connectivity index (χ4v) is 2.44. The third-order valence-corrected chi connectivity index (χ3v) is 3.18. The third kappa shape index (κ3) is 2.05. The van der Waals surface area contributed by atoms with E-state index in [0.29, 0.717) is 11.5 Å². The van der Waals surface area contributed by atoms with Gasteiger partial charge >= 0.3 is 0 Å². The summed E-state index contributed by atoms with van der Waals surface area (Å²) < 4.78 is 5.48. The molecule has 0 aliphatic carbocycles. The molecule has 1 saturated heterocycles. The Hall–Kier alpha value is -0.0800. The summed E-state index contributed by atoms with van der Waals surface area (Å²) in [4.78, 5) is 2.40. The summed E-state index contributed by atoms with van der Waals surface area (Å²) >= 11 is 0. The van der Waals surface area contributed by atoms with Crippen LogP contribution in [-0.2, 0) is 4.74 Å². The monoisotopic (exact) mass is 185 g/mol. The molecule has 1 rings (SSSR count). The van der Waals surface area contributed by atoms with E-state index in [9.17, 15) is 0 Å². The van der Waals surface area contributed by atoms with Gasteiger partial charge in [0.2, 0.25) is 0 Å². The second kappa shape index (κ2) is 3.25. The van der Waals surface area contributed by atoms with Crippen LogP contribution in [0.4, 0.5) is 0 Å². The van der Waals surface area contributed by atoms with Crippen LogP contribution in [0.2, 0.25) is 0 Å². The van der Waals surface area contributed by atoms with E-state index in [0.717, 1.165) is 6.54 Å². The maximum Gasteiger partial charge on any atom is 0.0878 e. The average Bonchev–Trinajstić information content (AvgIpc) is 1.96. The number of nitrogens with zero attached hydrogens (tertiary/aromatic N) is 1. The molecular formula is C11H23NO. The fourth-order valence-electron chi connectivity index (χ4n) is 2.44. The summed E-state index contributed by atoms with van der Waals surface area (Å²) in [6.07, 6.45) is 1.60. The maximum atomic E-state index is 5.48. The first kappa shape index (κ1) is 11.0. The molecule has 0 aromatic heterocycles. The molecule has 1 fully saturated rings. The number of methoxy groups -OCH3 is 1. The van der Waals surface area contributed by atoms with Crippen molar-refractivity contribution in [3.8, 4) is 0 Å². The number of hydrogen-bond donors (Lipinski definition) is 0. The van der Waals surface area contributed by atoms with Gasteiger partial charge in [-0.05, 0) is 25.8 Å². The first-order valence-corrected chi connectivity index (χ1v) is 5.04. The number of hydrogen-bond acceptors (Lipinski definition) is 2. The molecule has 2 atom stereocenters. The van der Waals surface area contributed by atoms with Crippen molar-refractivity contribution in [3.63, 3.8) is 0 Å². The van der Waals surface area contributed by atoms with Crippen LogP contribution in [0.5, 0.6) is 0 Å². The molecule has 0 aromatic carbocycles. The highest BCUT2D eigenvalue weighted by Gasteiger charge is 2.49. The smallest absolute Gasteiger partial charge is 0.0878 e. The van der Waals surface area contributed by atoms with E-state index >= 15 is 0 Å². The van der Waals surface area contributed by atoms with Crippen LogP contribution < -0.4 is 0 Å². The van der Waals surface area contributed by atoms with Crippen LogP contribution in [0.3, 0.4) is 0 Å². The number of ether oxygens (including phenoxy) is 1. The predicted octanol–water partition coefficient (Wildman–Crippen LogP) is 2.14. The molecule has 2 nitrogen and oxygen atoms in total. The van der Waals surface area contributed by atoms with E-state index < -0.39 is 0 Å². The van der Waals surface area contributed by atoms with Gasteiger partial charge in [-0.25, -0.2) is 0 Å². The van der Waals surface area contributed by atoms with Crippen molar-refractivity contribution in [2.24, 2.45) is 5.41 Å². The van der Waals surface area contributed by atoms with Gasteiger partial charge in [0.1, 0.15) is 0 Å². The molecule has 0 spiro atoms. The summed E-state index contributed by atoms with van der Waals surface area (Å²) in [5, 5.41) is 0. The predicted molar refractivity (Wildman–Crippen MR) is 55.9 cm³/mol. The van der Waals surface area contributed by atoms with Crippen molar-refractivity contribution in [3.05, 3.63) is 0 Å². The van der Waals surface area contributed by atoms with Crippen LogP contribution in [0, 0.1) is 5.41 Å². The summed E-state index contributed by atoms with van der Waals surface area (Å²) in [6, 6.07) is 0. The van der Waals surface area contributed by atoms with Gasteiger partial charge in [-0.15, -0.1) is 0 Å². The molecule has 1 heterocycles. The van der Waals surface area contributed by atoms with Crippen LogP contribution >= 0.6 is 0 Å². The van der Waals surface area contributed by atoms with Gasteiger partial charge in [-0.2, -0.15) is 0 Å². The van der Waals surface area contributed by atoms with Crippen LogP contribution in [0.15, 0.2) is 0 Å². The molecule has 2 unspecified atom stereocenters. The van der Waals surface area contributed by atoms with Gasteiger partial charge < -0.3 is 4.74 Å². The lowest BCUT2D eigenvalue weighted by Gasteiger charge is -2.56. The third-order valence-electron chi connectivity index (χ3n) is 3.18. The molecule has 0 N–H and O–H groups in total. The SMILES string of the molecule is COC1CN(C)C1(C)CC(C)(C)C. The Balaban J connectivity index is 2.63. The van der Waals surface area contributed by atoms with Crippen LogP contribution in [0.25, 0.3) is 0 Å². The number of likely N-dealkylation sites (N-methyl/N-ethyl adjacent to an activating group) is 1. The minimum atomic E-state index is 0.243. The van der Waals surface area contributed by atoms with Crippen LogP contribution in [0.1, 0.15) is 34.1 Å². The Kier molecular flexibility index (Phi) is 2.75. The second-order valence-electron chi connectivity index (χ2n) is 5.70. The lowest BCUT2D eigenvalue weighted by Crippen LogP contribution is -2.69. The largest absolute Gasteiger partial charge is 0.378 e. The maximum absolute atomic E-state index is 5.48. The Labute approximate surface area is 82.3 Å². The standard InChI is InChI=1S/C11H23NO/c1-10(2,3)8-11(4)9(13-6)7-12(11)5/h9H,7-8H2,1-6H3. The number of rotatable bonds is 2. The van der Waals surface area contributed by atoms with E-state index in [-0.39, 0.29) is 5.54 Å². The Bertz CT molecular complexity index is 185. The molecule has 0 saturated carbocycles. The Morgan fingerprint density at radius 2 is 2.00 bits per heavy atom. The van der Waals surface area contributed by atoms with Crippen LogP contribution in [-0.4, -0.2) is 37.2 Å². The van der Waals surface area contributed by atoms with Gasteiger partial charge in [0, 0.05) is 19.2 Å². The highest BCUT2D eigenvalue weighted by molar-refractivity contribution is 5.04. The normalized spacial score (nSPS) is 36.0. The molecule has 2 heteroatoms. The zero-order valence-corrected chi connectivity index (χ0v) is 9.85. The van der Waals surface area contributed by atoms with E-state index in [1.54, 1.807) is 0 Å². The first-order chi connectivity index (χ1) is 5.79. The van der Waals surface area contributed by atoms with Gasteiger partial charge in [0.25, 0.3) is 0 Å². The van der Waals surface area contributed by atoms with E-state index in [2.05, 4.69) is 39.6 Å². The molecule has 1 aliphatic heterocycles. The summed E-state index contributed by atoms with van der Waals surface area (Å²) in [7, 11) is 4.00. The van der Waals surface area contributed by atoms with E-state index in [1.165, 1.54) is 6.42 Å². The molecule has 0 bridgehead atoms. The van der Waals surface area contributed by atoms with Gasteiger partial charge in [-0.1, -0.05) is 20.8 Å². The Morgan fingerprint density at radius 3 is 2.31 bits per heavy atom. The zero-order valence-electron chi connectivity index (χ0n) is 9.85. The van der Waals surface area contributed by atoms with E-state index in [4.69, 9.17) is 4.74 Å². The topological polar surface area (TPSA) is 12.5 Å². The van der Waals surface area contributed by atoms with E-state index in [1.807, 2.05) is 7.11 Å². The average molecular weight is 185 g/mol. The minimum absolute atomic E-state index is 0.243. The molecule has 0 aromatic rings. The molecule has 13 heavy (non-hydrogen) atoms. The molecule has 1 aliphatic rings. The minimum Gasteiger partial charge on any atom is -0.378 e. The quantitative estimate of drug-likeness (QED) is 0.653. The molecule has 78 valence electrons. The van der Waals surface area contributed by atoms with Gasteiger partial charge in [0.05, 0.1) is 6.10 Å². The molecule has 0 radical (unpaired) electrons. The van der Waals surface area contributed by atoms with Crippen molar-refractivity contribution in [2.75, 3.05) is 20.7 Å². The van der Waals surface area contributed by atoms with Crippen molar-refractivity contribution >= 4 is 0 Å².